The summed E-state index contributed by atoms with van der Waals surface area (Å²) in [6.45, 7) is 8.01. The van der Waals surface area contributed by atoms with Gasteiger partial charge in [0, 0.05) is 32.6 Å². The summed E-state index contributed by atoms with van der Waals surface area (Å²) in [5.74, 6) is 1.44. The Morgan fingerprint density at radius 2 is 2.32 bits per heavy atom. The van der Waals surface area contributed by atoms with Crippen molar-refractivity contribution in [2.75, 3.05) is 26.2 Å². The van der Waals surface area contributed by atoms with Gasteiger partial charge < -0.3 is 15.1 Å². The first-order chi connectivity index (χ1) is 9.20. The highest BCUT2D eigenvalue weighted by atomic mass is 16.4. The van der Waals surface area contributed by atoms with Crippen molar-refractivity contribution in [1.29, 1.82) is 0 Å². The molecule has 6 nitrogen and oxygen atoms in total. The molecule has 1 atom stereocenters. The Bertz CT molecular complexity index is 413. The van der Waals surface area contributed by atoms with Gasteiger partial charge in [0.2, 0.25) is 11.8 Å². The molecule has 1 aromatic rings. The second kappa shape index (κ2) is 6.68. The number of carbonyl (C=O) groups excluding carboxylic acids is 1. The topological polar surface area (TPSA) is 70.4 Å². The molecule has 2 N–H and O–H groups in total. The third-order valence-corrected chi connectivity index (χ3v) is 3.44. The van der Waals surface area contributed by atoms with Crippen LogP contribution < -0.4 is 10.6 Å². The first kappa shape index (κ1) is 14.0. The van der Waals surface area contributed by atoms with E-state index in [9.17, 15) is 4.79 Å². The van der Waals surface area contributed by atoms with Crippen molar-refractivity contribution in [3.63, 3.8) is 0 Å². The van der Waals surface area contributed by atoms with Crippen LogP contribution in [0.5, 0.6) is 0 Å². The van der Waals surface area contributed by atoms with Crippen LogP contribution in [0.25, 0.3) is 0 Å². The van der Waals surface area contributed by atoms with Gasteiger partial charge in [-0.3, -0.25) is 9.69 Å². The Balaban J connectivity index is 1.79. The monoisotopic (exact) mass is 266 g/mol. The molecule has 1 amide bonds. The molecule has 2 rings (SSSR count). The van der Waals surface area contributed by atoms with Crippen LogP contribution in [0.15, 0.2) is 10.6 Å². The number of piperazine rings is 1. The molecule has 1 fully saturated rings. The number of hydrogen-bond acceptors (Lipinski definition) is 5. The Hall–Kier alpha value is -1.40. The summed E-state index contributed by atoms with van der Waals surface area (Å²) in [5, 5.41) is 6.15. The molecule has 6 heteroatoms. The maximum Gasteiger partial charge on any atom is 0.237 e. The number of carbonyl (C=O) groups is 1. The lowest BCUT2D eigenvalue weighted by Gasteiger charge is -2.31. The maximum absolute atomic E-state index is 12.0. The Morgan fingerprint density at radius 3 is 2.95 bits per heavy atom. The first-order valence-corrected chi connectivity index (χ1v) is 6.86. The number of rotatable bonds is 5. The molecule has 1 aliphatic heterocycles. The Labute approximate surface area is 113 Å². The number of hydrogen-bond donors (Lipinski definition) is 2. The van der Waals surface area contributed by atoms with Gasteiger partial charge in [-0.25, -0.2) is 4.98 Å². The molecule has 1 saturated heterocycles. The third-order valence-electron chi connectivity index (χ3n) is 3.44. The van der Waals surface area contributed by atoms with Crippen molar-refractivity contribution in [3.05, 3.63) is 17.8 Å². The van der Waals surface area contributed by atoms with E-state index in [4.69, 9.17) is 4.42 Å². The summed E-state index contributed by atoms with van der Waals surface area (Å²) in [6.07, 6.45) is 2.53. The number of aryl methyl sites for hydroxylation is 1. The molecule has 0 bridgehead atoms. The van der Waals surface area contributed by atoms with E-state index in [2.05, 4.69) is 20.5 Å². The van der Waals surface area contributed by atoms with Gasteiger partial charge in [-0.2, -0.15) is 0 Å². The third kappa shape index (κ3) is 3.78. The zero-order valence-electron chi connectivity index (χ0n) is 11.6. The number of aromatic nitrogens is 1. The molecular formula is C13H22N4O2. The largest absolute Gasteiger partial charge is 0.444 e. The van der Waals surface area contributed by atoms with Gasteiger partial charge in [0.25, 0.3) is 0 Å². The first-order valence-electron chi connectivity index (χ1n) is 6.86. The molecule has 2 heterocycles. The number of oxazole rings is 1. The SMILES string of the molecule is CCc1cnc(CNC(=O)C(C)N2CCNCC2)o1. The van der Waals surface area contributed by atoms with Crippen molar-refractivity contribution in [2.45, 2.75) is 32.9 Å². The number of nitrogens with zero attached hydrogens (tertiary/aromatic N) is 2. The van der Waals surface area contributed by atoms with E-state index < -0.39 is 0 Å². The molecule has 1 aromatic heterocycles. The molecular weight excluding hydrogens is 244 g/mol. The van der Waals surface area contributed by atoms with Crippen molar-refractivity contribution in [1.82, 2.24) is 20.5 Å². The predicted molar refractivity (Wildman–Crippen MR) is 71.6 cm³/mol. The van der Waals surface area contributed by atoms with Crippen LogP contribution >= 0.6 is 0 Å². The van der Waals surface area contributed by atoms with E-state index in [0.717, 1.165) is 38.4 Å². The van der Waals surface area contributed by atoms with E-state index in [1.807, 2.05) is 13.8 Å². The molecule has 0 radical (unpaired) electrons. The fraction of sp³-hybridized carbons (Fsp3) is 0.692. The maximum atomic E-state index is 12.0. The minimum absolute atomic E-state index is 0.0261. The summed E-state index contributed by atoms with van der Waals surface area (Å²) in [6, 6.07) is -0.109. The second-order valence-electron chi connectivity index (χ2n) is 4.75. The van der Waals surface area contributed by atoms with E-state index in [1.54, 1.807) is 6.20 Å². The van der Waals surface area contributed by atoms with Crippen LogP contribution in [0, 0.1) is 0 Å². The average Bonchev–Trinajstić information content (AvgIpc) is 2.93. The van der Waals surface area contributed by atoms with E-state index in [-0.39, 0.29) is 11.9 Å². The zero-order valence-corrected chi connectivity index (χ0v) is 11.6. The molecule has 1 aliphatic rings. The lowest BCUT2D eigenvalue weighted by molar-refractivity contribution is -0.126. The molecule has 106 valence electrons. The standard InChI is InChI=1S/C13H22N4O2/c1-3-11-8-15-12(19-11)9-16-13(18)10(2)17-6-4-14-5-7-17/h8,10,14H,3-7,9H2,1-2H3,(H,16,18). The van der Waals surface area contributed by atoms with Gasteiger partial charge in [-0.05, 0) is 6.92 Å². The van der Waals surface area contributed by atoms with Crippen LogP contribution in [-0.2, 0) is 17.8 Å². The van der Waals surface area contributed by atoms with Crippen molar-refractivity contribution >= 4 is 5.91 Å². The average molecular weight is 266 g/mol. The lowest BCUT2D eigenvalue weighted by atomic mass is 10.2. The lowest BCUT2D eigenvalue weighted by Crippen LogP contribution is -2.52. The van der Waals surface area contributed by atoms with E-state index in [0.29, 0.717) is 12.4 Å². The molecule has 0 aromatic carbocycles. The molecule has 19 heavy (non-hydrogen) atoms. The molecule has 1 unspecified atom stereocenters. The van der Waals surface area contributed by atoms with Gasteiger partial charge in [0.15, 0.2) is 0 Å². The molecule has 0 aliphatic carbocycles. The second-order valence-corrected chi connectivity index (χ2v) is 4.75. The fourth-order valence-corrected chi connectivity index (χ4v) is 2.14. The predicted octanol–water partition coefficient (Wildman–Crippen LogP) is 0.147. The van der Waals surface area contributed by atoms with Crippen LogP contribution in [0.3, 0.4) is 0 Å². The summed E-state index contributed by atoms with van der Waals surface area (Å²) in [4.78, 5) is 18.4. The van der Waals surface area contributed by atoms with E-state index in [1.165, 1.54) is 0 Å². The smallest absolute Gasteiger partial charge is 0.237 e. The number of nitrogens with one attached hydrogen (secondary N) is 2. The minimum Gasteiger partial charge on any atom is -0.444 e. The van der Waals surface area contributed by atoms with E-state index >= 15 is 0 Å². The van der Waals surface area contributed by atoms with Crippen LogP contribution in [0.4, 0.5) is 0 Å². The van der Waals surface area contributed by atoms with Gasteiger partial charge >= 0.3 is 0 Å². The zero-order chi connectivity index (χ0) is 13.7. The van der Waals surface area contributed by atoms with Gasteiger partial charge in [-0.15, -0.1) is 0 Å². The fourth-order valence-electron chi connectivity index (χ4n) is 2.14. The van der Waals surface area contributed by atoms with Gasteiger partial charge in [-0.1, -0.05) is 6.92 Å². The van der Waals surface area contributed by atoms with Crippen LogP contribution in [-0.4, -0.2) is 48.0 Å². The highest BCUT2D eigenvalue weighted by molar-refractivity contribution is 5.81. The Kier molecular flexibility index (Phi) is 4.93. The minimum atomic E-state index is -0.109. The quantitative estimate of drug-likeness (QED) is 0.794. The van der Waals surface area contributed by atoms with Gasteiger partial charge in [0.05, 0.1) is 18.8 Å². The highest BCUT2D eigenvalue weighted by Gasteiger charge is 2.22. The molecule has 0 saturated carbocycles. The normalized spacial score (nSPS) is 18.2. The highest BCUT2D eigenvalue weighted by Crippen LogP contribution is 2.05. The summed E-state index contributed by atoms with van der Waals surface area (Å²) < 4.78 is 5.46. The van der Waals surface area contributed by atoms with Crippen LogP contribution in [0.2, 0.25) is 0 Å². The van der Waals surface area contributed by atoms with Gasteiger partial charge in [0.1, 0.15) is 5.76 Å². The van der Waals surface area contributed by atoms with Crippen molar-refractivity contribution < 1.29 is 9.21 Å². The number of amides is 1. The van der Waals surface area contributed by atoms with Crippen molar-refractivity contribution in [2.24, 2.45) is 0 Å². The summed E-state index contributed by atoms with van der Waals surface area (Å²) >= 11 is 0. The Morgan fingerprint density at radius 1 is 1.58 bits per heavy atom. The molecule has 0 spiro atoms. The van der Waals surface area contributed by atoms with Crippen LogP contribution in [0.1, 0.15) is 25.5 Å². The van der Waals surface area contributed by atoms with Crippen molar-refractivity contribution in [3.8, 4) is 0 Å². The summed E-state index contributed by atoms with van der Waals surface area (Å²) in [7, 11) is 0. The summed E-state index contributed by atoms with van der Waals surface area (Å²) in [5.41, 5.74) is 0.